The van der Waals surface area contributed by atoms with Gasteiger partial charge in [-0.2, -0.15) is 0 Å². The third-order valence-corrected chi connectivity index (χ3v) is 9.05. The standard InChI is InChI=1S/C35H38ClN5O4/c1-3-40-22-37-18-28(40)19-41-31-17-27(35(43)44)8-9-30(31)38-33(41)20-39-13-11-25(12-14-39)34(42)26-6-4-5-24(16-26)21-45-32-10-7-23(2)15-29(32)36/h4-10,15-18,22,25,34,42H,3,11-14,19-21H2,1-2H3,(H,43,44). The summed E-state index contributed by atoms with van der Waals surface area (Å²) in [6.45, 7) is 8.07. The Labute approximate surface area is 267 Å². The van der Waals surface area contributed by atoms with Gasteiger partial charge in [0.1, 0.15) is 18.2 Å². The number of hydrogen-bond donors (Lipinski definition) is 2. The molecule has 6 rings (SSSR count). The summed E-state index contributed by atoms with van der Waals surface area (Å²) in [6.07, 6.45) is 4.81. The summed E-state index contributed by atoms with van der Waals surface area (Å²) in [5.41, 5.74) is 5.81. The van der Waals surface area contributed by atoms with E-state index in [4.69, 9.17) is 21.3 Å². The van der Waals surface area contributed by atoms with E-state index < -0.39 is 12.1 Å². The van der Waals surface area contributed by atoms with Gasteiger partial charge in [0.15, 0.2) is 0 Å². The molecule has 2 aromatic heterocycles. The highest BCUT2D eigenvalue weighted by atomic mass is 35.5. The van der Waals surface area contributed by atoms with Crippen LogP contribution >= 0.6 is 11.6 Å². The van der Waals surface area contributed by atoms with E-state index in [2.05, 4.69) is 25.9 Å². The first-order valence-corrected chi connectivity index (χ1v) is 15.8. The first-order valence-electron chi connectivity index (χ1n) is 15.4. The predicted octanol–water partition coefficient (Wildman–Crippen LogP) is 6.49. The van der Waals surface area contributed by atoms with Crippen LogP contribution in [-0.4, -0.2) is 53.3 Å². The lowest BCUT2D eigenvalue weighted by Gasteiger charge is -2.34. The van der Waals surface area contributed by atoms with Crippen molar-refractivity contribution in [1.29, 1.82) is 0 Å². The molecule has 0 amide bonds. The topological polar surface area (TPSA) is 106 Å². The molecule has 234 valence electrons. The van der Waals surface area contributed by atoms with E-state index in [1.807, 2.05) is 61.9 Å². The van der Waals surface area contributed by atoms with Gasteiger partial charge in [-0.15, -0.1) is 0 Å². The third-order valence-electron chi connectivity index (χ3n) is 8.75. The van der Waals surface area contributed by atoms with Gasteiger partial charge in [-0.1, -0.05) is 35.9 Å². The Hall–Kier alpha value is -4.18. The highest BCUT2D eigenvalue weighted by Gasteiger charge is 2.28. The summed E-state index contributed by atoms with van der Waals surface area (Å²) in [5.74, 6) is 0.711. The molecule has 10 heteroatoms. The maximum Gasteiger partial charge on any atom is 0.335 e. The normalized spacial score (nSPS) is 15.0. The van der Waals surface area contributed by atoms with Crippen LogP contribution in [0.4, 0.5) is 0 Å². The SMILES string of the molecule is CCn1cncc1Cn1c(CN2CCC(C(O)c3cccc(COc4ccc(C)cc4Cl)c3)CC2)nc2ccc(C(=O)O)cc21. The van der Waals surface area contributed by atoms with Gasteiger partial charge in [0.2, 0.25) is 0 Å². The molecule has 2 N–H and O–H groups in total. The fraction of sp³-hybridized carbons (Fsp3) is 0.343. The molecular formula is C35H38ClN5O4. The van der Waals surface area contributed by atoms with E-state index >= 15 is 0 Å². The van der Waals surface area contributed by atoms with Crippen LogP contribution in [0.3, 0.4) is 0 Å². The minimum Gasteiger partial charge on any atom is -0.487 e. The second-order valence-electron chi connectivity index (χ2n) is 11.8. The molecule has 1 unspecified atom stereocenters. The van der Waals surface area contributed by atoms with Crippen molar-refractivity contribution < 1.29 is 19.7 Å². The molecule has 0 radical (unpaired) electrons. The molecule has 0 bridgehead atoms. The number of aliphatic hydroxyl groups is 1. The fourth-order valence-electron chi connectivity index (χ4n) is 6.18. The predicted molar refractivity (Wildman–Crippen MR) is 174 cm³/mol. The summed E-state index contributed by atoms with van der Waals surface area (Å²) >= 11 is 6.33. The van der Waals surface area contributed by atoms with Crippen LogP contribution in [0.25, 0.3) is 11.0 Å². The Kier molecular flexibility index (Phi) is 9.21. The van der Waals surface area contributed by atoms with Gasteiger partial charge in [0.05, 0.1) is 52.8 Å². The number of ether oxygens (including phenoxy) is 1. The Morgan fingerprint density at radius 2 is 1.91 bits per heavy atom. The van der Waals surface area contributed by atoms with Crippen molar-refractivity contribution in [1.82, 2.24) is 24.0 Å². The molecule has 3 heterocycles. The lowest BCUT2D eigenvalue weighted by molar-refractivity contribution is 0.0557. The van der Waals surface area contributed by atoms with Gasteiger partial charge in [-0.25, -0.2) is 14.8 Å². The molecule has 1 fully saturated rings. The van der Waals surface area contributed by atoms with Crippen molar-refractivity contribution in [3.05, 3.63) is 112 Å². The zero-order valence-electron chi connectivity index (χ0n) is 25.6. The number of aromatic nitrogens is 4. The van der Waals surface area contributed by atoms with E-state index in [1.165, 1.54) is 0 Å². The second-order valence-corrected chi connectivity index (χ2v) is 12.2. The van der Waals surface area contributed by atoms with E-state index in [0.29, 0.717) is 30.5 Å². The summed E-state index contributed by atoms with van der Waals surface area (Å²) in [4.78, 5) is 23.4. The average Bonchev–Trinajstić information content (AvgIpc) is 3.64. The number of nitrogens with zero attached hydrogens (tertiary/aromatic N) is 5. The summed E-state index contributed by atoms with van der Waals surface area (Å²) in [5, 5.41) is 21.6. The molecule has 1 saturated heterocycles. The smallest absolute Gasteiger partial charge is 0.335 e. The van der Waals surface area contributed by atoms with Crippen LogP contribution in [0.15, 0.2) is 73.2 Å². The molecule has 5 aromatic rings. The number of rotatable bonds is 11. The van der Waals surface area contributed by atoms with Gasteiger partial charge >= 0.3 is 5.97 Å². The molecule has 1 aliphatic heterocycles. The zero-order valence-corrected chi connectivity index (χ0v) is 26.3. The Morgan fingerprint density at radius 3 is 2.67 bits per heavy atom. The minimum absolute atomic E-state index is 0.139. The highest BCUT2D eigenvalue weighted by molar-refractivity contribution is 6.32. The van der Waals surface area contributed by atoms with Crippen molar-refractivity contribution in [3.8, 4) is 5.75 Å². The van der Waals surface area contributed by atoms with E-state index in [-0.39, 0.29) is 11.5 Å². The van der Waals surface area contributed by atoms with E-state index in [1.54, 1.807) is 18.2 Å². The monoisotopic (exact) mass is 627 g/mol. The number of aryl methyl sites for hydroxylation is 2. The number of imidazole rings is 2. The lowest BCUT2D eigenvalue weighted by Crippen LogP contribution is -2.36. The first-order chi connectivity index (χ1) is 21.8. The minimum atomic E-state index is -0.959. The lowest BCUT2D eigenvalue weighted by atomic mass is 9.87. The third kappa shape index (κ3) is 6.91. The van der Waals surface area contributed by atoms with Gasteiger partial charge in [0, 0.05) is 12.7 Å². The number of benzene rings is 3. The van der Waals surface area contributed by atoms with Crippen LogP contribution in [-0.2, 0) is 26.2 Å². The van der Waals surface area contributed by atoms with Gasteiger partial charge in [-0.05, 0) is 98.8 Å². The maximum absolute atomic E-state index is 11.7. The molecule has 1 aliphatic rings. The van der Waals surface area contributed by atoms with Crippen molar-refractivity contribution in [2.75, 3.05) is 13.1 Å². The average molecular weight is 628 g/mol. The highest BCUT2D eigenvalue weighted by Crippen LogP contribution is 2.33. The number of piperidine rings is 1. The number of carboxylic acid groups (broad SMARTS) is 1. The summed E-state index contributed by atoms with van der Waals surface area (Å²) < 4.78 is 10.2. The van der Waals surface area contributed by atoms with Crippen molar-refractivity contribution in [2.45, 2.75) is 59.0 Å². The van der Waals surface area contributed by atoms with Crippen LogP contribution in [0.5, 0.6) is 5.75 Å². The number of fused-ring (bicyclic) bond motifs is 1. The molecule has 0 spiro atoms. The van der Waals surface area contributed by atoms with Crippen molar-refractivity contribution in [3.63, 3.8) is 0 Å². The number of halogens is 1. The maximum atomic E-state index is 11.7. The summed E-state index contributed by atoms with van der Waals surface area (Å²) in [7, 11) is 0. The molecule has 0 saturated carbocycles. The molecule has 0 aliphatic carbocycles. The largest absolute Gasteiger partial charge is 0.487 e. The van der Waals surface area contributed by atoms with Gasteiger partial charge in [-0.3, -0.25) is 4.90 Å². The number of likely N-dealkylation sites (tertiary alicyclic amines) is 1. The van der Waals surface area contributed by atoms with Gasteiger partial charge in [0.25, 0.3) is 0 Å². The summed E-state index contributed by atoms with van der Waals surface area (Å²) in [6, 6.07) is 18.8. The van der Waals surface area contributed by atoms with Crippen molar-refractivity contribution in [2.24, 2.45) is 5.92 Å². The fourth-order valence-corrected chi connectivity index (χ4v) is 6.47. The Balaban J connectivity index is 1.12. The number of hydrogen-bond acceptors (Lipinski definition) is 6. The molecular weight excluding hydrogens is 590 g/mol. The number of aliphatic hydroxyl groups excluding tert-OH is 1. The Morgan fingerprint density at radius 1 is 1.09 bits per heavy atom. The second kappa shape index (κ2) is 13.4. The number of carbonyl (C=O) groups is 1. The molecule has 45 heavy (non-hydrogen) atoms. The van der Waals surface area contributed by atoms with Gasteiger partial charge < -0.3 is 24.1 Å². The van der Waals surface area contributed by atoms with E-state index in [0.717, 1.165) is 71.7 Å². The van der Waals surface area contributed by atoms with Crippen LogP contribution in [0, 0.1) is 12.8 Å². The van der Waals surface area contributed by atoms with E-state index in [9.17, 15) is 15.0 Å². The van der Waals surface area contributed by atoms with Crippen LogP contribution in [0.1, 0.15) is 64.4 Å². The number of carboxylic acids is 1. The first kappa shape index (κ1) is 30.8. The van der Waals surface area contributed by atoms with Crippen LogP contribution in [0.2, 0.25) is 5.02 Å². The zero-order chi connectivity index (χ0) is 31.5. The van der Waals surface area contributed by atoms with Crippen LogP contribution < -0.4 is 4.74 Å². The quantitative estimate of drug-likeness (QED) is 0.173. The number of aromatic carboxylic acids is 1. The molecule has 3 aromatic carbocycles. The van der Waals surface area contributed by atoms with Crippen molar-refractivity contribution >= 4 is 28.6 Å². The molecule has 1 atom stereocenters. The Bertz CT molecular complexity index is 1810. The molecule has 9 nitrogen and oxygen atoms in total.